The number of aryl methyl sites for hydroxylation is 1. The van der Waals surface area contributed by atoms with E-state index in [2.05, 4.69) is 27.1 Å². The molecule has 2 aromatic rings. The Morgan fingerprint density at radius 3 is 2.30 bits per heavy atom. The largest absolute Gasteiger partial charge is 0.493 e. The maximum absolute atomic E-state index is 5.49. The molecule has 0 atom stereocenters. The number of methoxy groups -OCH3 is 3. The lowest BCUT2D eigenvalue weighted by atomic mass is 10.1. The lowest BCUT2D eigenvalue weighted by molar-refractivity contribution is 0.172. The normalized spacial score (nSPS) is 14.5. The van der Waals surface area contributed by atoms with Crippen LogP contribution in [-0.2, 0) is 13.1 Å². The Morgan fingerprint density at radius 1 is 1.06 bits per heavy atom. The molecular weight excluding hydrogens is 535 g/mol. The Morgan fingerprint density at radius 2 is 1.76 bits per heavy atom. The molecule has 10 heteroatoms. The van der Waals surface area contributed by atoms with Crippen molar-refractivity contribution in [3.05, 3.63) is 36.2 Å². The summed E-state index contributed by atoms with van der Waals surface area (Å²) < 4.78 is 18.4. The molecular formula is C23H37IN6O3. The lowest BCUT2D eigenvalue weighted by Gasteiger charge is -2.36. The van der Waals surface area contributed by atoms with Gasteiger partial charge >= 0.3 is 0 Å². The van der Waals surface area contributed by atoms with Crippen molar-refractivity contribution < 1.29 is 14.2 Å². The van der Waals surface area contributed by atoms with Crippen molar-refractivity contribution >= 4 is 29.9 Å². The Balaban J connectivity index is 0.00000385. The molecule has 0 radical (unpaired) electrons. The highest BCUT2D eigenvalue weighted by Crippen LogP contribution is 2.38. The van der Waals surface area contributed by atoms with Crippen molar-refractivity contribution in [2.24, 2.45) is 4.99 Å². The van der Waals surface area contributed by atoms with Crippen LogP contribution in [0.2, 0.25) is 0 Å². The molecule has 0 saturated carbocycles. The van der Waals surface area contributed by atoms with Crippen LogP contribution in [0.4, 0.5) is 0 Å². The van der Waals surface area contributed by atoms with Gasteiger partial charge in [0, 0.05) is 64.8 Å². The molecule has 184 valence electrons. The molecule has 1 aliphatic rings. The van der Waals surface area contributed by atoms with Crippen LogP contribution < -0.4 is 19.5 Å². The van der Waals surface area contributed by atoms with Gasteiger partial charge < -0.3 is 24.4 Å². The van der Waals surface area contributed by atoms with E-state index in [0.29, 0.717) is 17.2 Å². The Hall–Kier alpha value is -2.21. The zero-order valence-electron chi connectivity index (χ0n) is 20.1. The Kier molecular flexibility index (Phi) is 11.6. The molecule has 2 heterocycles. The van der Waals surface area contributed by atoms with E-state index >= 15 is 0 Å². The summed E-state index contributed by atoms with van der Waals surface area (Å²) in [6.45, 7) is 9.30. The molecule has 1 aromatic heterocycles. The van der Waals surface area contributed by atoms with Gasteiger partial charge in [0.25, 0.3) is 0 Å². The second-order valence-corrected chi connectivity index (χ2v) is 7.66. The Labute approximate surface area is 214 Å². The van der Waals surface area contributed by atoms with Crippen LogP contribution in [0.1, 0.15) is 18.9 Å². The number of guanidine groups is 1. The minimum atomic E-state index is 0. The van der Waals surface area contributed by atoms with Gasteiger partial charge in [-0.3, -0.25) is 14.6 Å². The summed E-state index contributed by atoms with van der Waals surface area (Å²) in [5, 5.41) is 7.69. The fraction of sp³-hybridized carbons (Fsp3) is 0.565. The van der Waals surface area contributed by atoms with Crippen LogP contribution in [-0.4, -0.2) is 86.1 Å². The van der Waals surface area contributed by atoms with Gasteiger partial charge in [-0.25, -0.2) is 0 Å². The van der Waals surface area contributed by atoms with E-state index in [1.807, 2.05) is 35.3 Å². The number of piperazine rings is 1. The third-order valence-corrected chi connectivity index (χ3v) is 5.50. The number of hydrogen-bond donors (Lipinski definition) is 1. The average molecular weight is 572 g/mol. The van der Waals surface area contributed by atoms with Crippen molar-refractivity contribution in [2.45, 2.75) is 26.4 Å². The summed E-state index contributed by atoms with van der Waals surface area (Å²) >= 11 is 0. The van der Waals surface area contributed by atoms with E-state index < -0.39 is 0 Å². The third-order valence-electron chi connectivity index (χ3n) is 5.50. The topological polar surface area (TPSA) is 76.4 Å². The molecule has 1 aromatic carbocycles. The zero-order valence-corrected chi connectivity index (χ0v) is 22.5. The highest BCUT2D eigenvalue weighted by Gasteiger charge is 2.21. The molecule has 0 bridgehead atoms. The number of nitrogens with zero attached hydrogens (tertiary/aromatic N) is 5. The molecule has 33 heavy (non-hydrogen) atoms. The first-order chi connectivity index (χ1) is 15.7. The highest BCUT2D eigenvalue weighted by atomic mass is 127. The van der Waals surface area contributed by atoms with Crippen molar-refractivity contribution in [1.29, 1.82) is 0 Å². The second kappa shape index (κ2) is 14.1. The average Bonchev–Trinajstić information content (AvgIpc) is 3.34. The molecule has 0 amide bonds. The summed E-state index contributed by atoms with van der Waals surface area (Å²) in [6, 6.07) is 6.00. The highest BCUT2D eigenvalue weighted by molar-refractivity contribution is 14.0. The van der Waals surface area contributed by atoms with E-state index in [4.69, 9.17) is 19.2 Å². The number of aliphatic imine (C=N–C) groups is 1. The number of ether oxygens (including phenoxy) is 3. The lowest BCUT2D eigenvalue weighted by Crippen LogP contribution is -2.52. The minimum Gasteiger partial charge on any atom is -0.493 e. The predicted molar refractivity (Wildman–Crippen MR) is 141 cm³/mol. The third kappa shape index (κ3) is 7.66. The van der Waals surface area contributed by atoms with Gasteiger partial charge in [-0.2, -0.15) is 5.10 Å². The summed E-state index contributed by atoms with van der Waals surface area (Å²) in [5.41, 5.74) is 1.15. The summed E-state index contributed by atoms with van der Waals surface area (Å²) in [4.78, 5) is 9.63. The van der Waals surface area contributed by atoms with Crippen LogP contribution in [0.3, 0.4) is 0 Å². The molecule has 1 fully saturated rings. The van der Waals surface area contributed by atoms with Gasteiger partial charge in [0.15, 0.2) is 17.5 Å². The summed E-state index contributed by atoms with van der Waals surface area (Å²) in [5.74, 6) is 3.01. The fourth-order valence-electron chi connectivity index (χ4n) is 3.88. The number of benzene rings is 1. The van der Waals surface area contributed by atoms with Gasteiger partial charge in [0.1, 0.15) is 0 Å². The Bertz CT molecular complexity index is 829. The SMILES string of the molecule is CCNC(=NCCCn1cccn1)N1CCN(Cc2cc(OC)c(OC)c(OC)c2)CC1.I. The molecule has 9 nitrogen and oxygen atoms in total. The first-order valence-corrected chi connectivity index (χ1v) is 11.2. The van der Waals surface area contributed by atoms with Crippen molar-refractivity contribution in [1.82, 2.24) is 24.9 Å². The van der Waals surface area contributed by atoms with Crippen LogP contribution >= 0.6 is 24.0 Å². The molecule has 0 aliphatic carbocycles. The minimum absolute atomic E-state index is 0. The van der Waals surface area contributed by atoms with Gasteiger partial charge in [0.2, 0.25) is 5.75 Å². The second-order valence-electron chi connectivity index (χ2n) is 7.66. The van der Waals surface area contributed by atoms with Gasteiger partial charge in [-0.1, -0.05) is 0 Å². The molecule has 1 aliphatic heterocycles. The van der Waals surface area contributed by atoms with E-state index in [9.17, 15) is 0 Å². The summed E-state index contributed by atoms with van der Waals surface area (Å²) in [7, 11) is 4.92. The number of aromatic nitrogens is 2. The van der Waals surface area contributed by atoms with Crippen molar-refractivity contribution in [2.75, 3.05) is 60.6 Å². The van der Waals surface area contributed by atoms with Crippen LogP contribution in [0.5, 0.6) is 17.2 Å². The molecule has 1 saturated heterocycles. The zero-order chi connectivity index (χ0) is 22.8. The molecule has 0 unspecified atom stereocenters. The van der Waals surface area contributed by atoms with Crippen LogP contribution in [0.15, 0.2) is 35.6 Å². The van der Waals surface area contributed by atoms with Crippen LogP contribution in [0.25, 0.3) is 0 Å². The number of halogens is 1. The fourth-order valence-corrected chi connectivity index (χ4v) is 3.88. The molecule has 1 N–H and O–H groups in total. The maximum Gasteiger partial charge on any atom is 0.203 e. The smallest absolute Gasteiger partial charge is 0.203 e. The van der Waals surface area contributed by atoms with Gasteiger partial charge in [-0.05, 0) is 37.1 Å². The van der Waals surface area contributed by atoms with Gasteiger partial charge in [-0.15, -0.1) is 24.0 Å². The first kappa shape index (κ1) is 27.0. The number of nitrogens with one attached hydrogen (secondary N) is 1. The summed E-state index contributed by atoms with van der Waals surface area (Å²) in [6.07, 6.45) is 4.77. The van der Waals surface area contributed by atoms with E-state index in [-0.39, 0.29) is 24.0 Å². The number of rotatable bonds is 10. The van der Waals surface area contributed by atoms with Crippen LogP contribution in [0, 0.1) is 0 Å². The first-order valence-electron chi connectivity index (χ1n) is 11.2. The monoisotopic (exact) mass is 572 g/mol. The van der Waals surface area contributed by atoms with E-state index in [1.54, 1.807) is 21.3 Å². The maximum atomic E-state index is 5.49. The molecule has 0 spiro atoms. The van der Waals surface area contributed by atoms with E-state index in [1.165, 1.54) is 0 Å². The standard InChI is InChI=1S/C23H36N6O3.HI/c1-5-24-23(25-8-6-10-29-11-7-9-26-29)28-14-12-27(13-15-28)18-19-16-20(30-2)22(32-4)21(17-19)31-3;/h7,9,11,16-17H,5-6,8,10,12-15,18H2,1-4H3,(H,24,25);1H. The quantitative estimate of drug-likeness (QED) is 0.203. The van der Waals surface area contributed by atoms with Crippen molar-refractivity contribution in [3.63, 3.8) is 0 Å². The number of hydrogen-bond acceptors (Lipinski definition) is 6. The van der Waals surface area contributed by atoms with E-state index in [0.717, 1.165) is 70.3 Å². The predicted octanol–water partition coefficient (Wildman–Crippen LogP) is 2.70. The van der Waals surface area contributed by atoms with Crippen molar-refractivity contribution in [3.8, 4) is 17.2 Å². The molecule has 3 rings (SSSR count). The van der Waals surface area contributed by atoms with Gasteiger partial charge in [0.05, 0.1) is 21.3 Å².